The fraction of sp³-hybridized carbons (Fsp3) is 0.680. The summed E-state index contributed by atoms with van der Waals surface area (Å²) in [5.74, 6) is 0.716. The van der Waals surface area contributed by atoms with Crippen molar-refractivity contribution in [1.82, 2.24) is 10.0 Å². The van der Waals surface area contributed by atoms with Gasteiger partial charge in [0.25, 0.3) is 0 Å². The summed E-state index contributed by atoms with van der Waals surface area (Å²) < 4.78 is 28.7. The van der Waals surface area contributed by atoms with Gasteiger partial charge in [0.15, 0.2) is 0 Å². The molecular weight excluding hydrogens is 438 g/mol. The molecule has 2 atom stereocenters. The van der Waals surface area contributed by atoms with Gasteiger partial charge in [-0.15, -0.1) is 0 Å². The highest BCUT2D eigenvalue weighted by atomic mass is 32.2. The van der Waals surface area contributed by atoms with Crippen molar-refractivity contribution in [3.8, 4) is 0 Å². The van der Waals surface area contributed by atoms with Crippen molar-refractivity contribution >= 4 is 27.5 Å². The summed E-state index contributed by atoms with van der Waals surface area (Å²) in [6, 6.07) is 5.38. The van der Waals surface area contributed by atoms with Crippen molar-refractivity contribution in [1.29, 1.82) is 0 Å². The molecule has 0 saturated heterocycles. The van der Waals surface area contributed by atoms with Crippen molar-refractivity contribution in [3.05, 3.63) is 23.8 Å². The molecule has 3 aliphatic rings. The summed E-state index contributed by atoms with van der Waals surface area (Å²) in [6.45, 7) is 6.48. The number of carbonyl (C=O) groups excluding carboxylic acids is 2. The molecule has 0 aromatic heterocycles. The molecule has 2 N–H and O–H groups in total. The van der Waals surface area contributed by atoms with E-state index >= 15 is 0 Å². The summed E-state index contributed by atoms with van der Waals surface area (Å²) in [6.07, 6.45) is 6.81. The van der Waals surface area contributed by atoms with E-state index in [4.69, 9.17) is 0 Å². The Morgan fingerprint density at radius 1 is 1.09 bits per heavy atom. The Morgan fingerprint density at radius 2 is 1.76 bits per heavy atom. The van der Waals surface area contributed by atoms with Gasteiger partial charge in [-0.3, -0.25) is 9.59 Å². The van der Waals surface area contributed by atoms with E-state index < -0.39 is 10.0 Å². The molecule has 33 heavy (non-hydrogen) atoms. The van der Waals surface area contributed by atoms with Gasteiger partial charge >= 0.3 is 0 Å². The van der Waals surface area contributed by atoms with E-state index in [1.807, 2.05) is 18.7 Å². The molecule has 4 rings (SSSR count). The van der Waals surface area contributed by atoms with Crippen molar-refractivity contribution in [2.24, 2.45) is 17.8 Å². The van der Waals surface area contributed by atoms with Crippen LogP contribution in [0, 0.1) is 17.8 Å². The lowest BCUT2D eigenvalue weighted by Crippen LogP contribution is -2.39. The van der Waals surface area contributed by atoms with E-state index in [1.165, 1.54) is 0 Å². The van der Waals surface area contributed by atoms with Gasteiger partial charge in [0.2, 0.25) is 21.8 Å². The lowest BCUT2D eigenvalue weighted by molar-refractivity contribution is -0.126. The molecule has 0 spiro atoms. The molecule has 1 aromatic carbocycles. The fourth-order valence-electron chi connectivity index (χ4n) is 5.04. The smallest absolute Gasteiger partial charge is 0.240 e. The van der Waals surface area contributed by atoms with E-state index in [1.54, 1.807) is 18.2 Å². The number of sulfonamides is 1. The van der Waals surface area contributed by atoms with Gasteiger partial charge in [-0.05, 0) is 94.9 Å². The number of anilines is 1. The standard InChI is InChI=1S/C25H37N3O4S/c1-4-16(2)27-24(29)19-7-5-18(6-8-19)15-26-33(31,32)22-11-12-23-21(14-22)13-17(3)28(23)25(30)20-9-10-20/h11-12,14,16-20,26H,4-10,13,15H2,1-3H3,(H,27,29)/t16-,17+,18?,19?/m1/s1. The topological polar surface area (TPSA) is 95.6 Å². The number of nitrogens with zero attached hydrogens (tertiary/aromatic N) is 1. The predicted octanol–water partition coefficient (Wildman–Crippen LogP) is 3.37. The van der Waals surface area contributed by atoms with Gasteiger partial charge < -0.3 is 10.2 Å². The Hall–Kier alpha value is -1.93. The summed E-state index contributed by atoms with van der Waals surface area (Å²) in [5.41, 5.74) is 1.78. The van der Waals surface area contributed by atoms with Gasteiger partial charge in [0.1, 0.15) is 0 Å². The lowest BCUT2D eigenvalue weighted by atomic mass is 9.81. The molecule has 1 aliphatic heterocycles. The molecule has 2 saturated carbocycles. The van der Waals surface area contributed by atoms with Crippen LogP contribution in [0.3, 0.4) is 0 Å². The first-order valence-electron chi connectivity index (χ1n) is 12.5. The van der Waals surface area contributed by atoms with Crippen LogP contribution < -0.4 is 14.9 Å². The third kappa shape index (κ3) is 5.43. The number of benzene rings is 1. The summed E-state index contributed by atoms with van der Waals surface area (Å²) >= 11 is 0. The molecule has 0 radical (unpaired) electrons. The number of carbonyl (C=O) groups is 2. The Morgan fingerprint density at radius 3 is 2.39 bits per heavy atom. The van der Waals surface area contributed by atoms with Gasteiger partial charge in [-0.25, -0.2) is 13.1 Å². The minimum Gasteiger partial charge on any atom is -0.353 e. The zero-order valence-corrected chi connectivity index (χ0v) is 20.8. The molecule has 182 valence electrons. The van der Waals surface area contributed by atoms with Crippen LogP contribution in [0.5, 0.6) is 0 Å². The number of hydrogen-bond donors (Lipinski definition) is 2. The second-order valence-corrected chi connectivity index (χ2v) is 12.0. The van der Waals surface area contributed by atoms with Gasteiger partial charge in [0, 0.05) is 36.2 Å². The summed E-state index contributed by atoms with van der Waals surface area (Å²) in [4.78, 5) is 27.1. The van der Waals surface area contributed by atoms with Crippen LogP contribution in [0.4, 0.5) is 5.69 Å². The first-order valence-corrected chi connectivity index (χ1v) is 13.9. The van der Waals surface area contributed by atoms with Crippen LogP contribution in [0.15, 0.2) is 23.1 Å². The molecular formula is C25H37N3O4S. The maximum Gasteiger partial charge on any atom is 0.240 e. The van der Waals surface area contributed by atoms with Gasteiger partial charge in [0.05, 0.1) is 4.90 Å². The Labute approximate surface area is 197 Å². The van der Waals surface area contributed by atoms with Crippen LogP contribution in [0.2, 0.25) is 0 Å². The monoisotopic (exact) mass is 475 g/mol. The summed E-state index contributed by atoms with van der Waals surface area (Å²) in [5, 5.41) is 3.06. The molecule has 0 unspecified atom stereocenters. The number of fused-ring (bicyclic) bond motifs is 1. The average molecular weight is 476 g/mol. The minimum absolute atomic E-state index is 0.0341. The molecule has 2 aliphatic carbocycles. The maximum atomic E-state index is 13.0. The Balaban J connectivity index is 1.32. The number of nitrogens with one attached hydrogen (secondary N) is 2. The van der Waals surface area contributed by atoms with E-state index in [0.717, 1.165) is 56.2 Å². The highest BCUT2D eigenvalue weighted by Crippen LogP contribution is 2.39. The van der Waals surface area contributed by atoms with Crippen LogP contribution in [0.1, 0.15) is 71.3 Å². The molecule has 0 bridgehead atoms. The first kappa shape index (κ1) is 24.2. The maximum absolute atomic E-state index is 13.0. The van der Waals surface area contributed by atoms with Crippen LogP contribution in [0.25, 0.3) is 0 Å². The molecule has 8 heteroatoms. The molecule has 2 amide bonds. The quantitative estimate of drug-likeness (QED) is 0.603. The second kappa shape index (κ2) is 9.74. The zero-order valence-electron chi connectivity index (χ0n) is 20.0. The average Bonchev–Trinajstić information content (AvgIpc) is 3.59. The van der Waals surface area contributed by atoms with E-state index in [2.05, 4.69) is 17.0 Å². The summed E-state index contributed by atoms with van der Waals surface area (Å²) in [7, 11) is -3.62. The highest BCUT2D eigenvalue weighted by Gasteiger charge is 2.39. The number of amides is 2. The van der Waals surface area contributed by atoms with Crippen LogP contribution in [-0.2, 0) is 26.0 Å². The van der Waals surface area contributed by atoms with Crippen molar-refractivity contribution in [2.45, 2.75) is 89.1 Å². The van der Waals surface area contributed by atoms with Crippen molar-refractivity contribution < 1.29 is 18.0 Å². The van der Waals surface area contributed by atoms with Gasteiger partial charge in [-0.1, -0.05) is 6.92 Å². The van der Waals surface area contributed by atoms with E-state index in [-0.39, 0.29) is 46.5 Å². The predicted molar refractivity (Wildman–Crippen MR) is 128 cm³/mol. The van der Waals surface area contributed by atoms with E-state index in [9.17, 15) is 18.0 Å². The zero-order chi connectivity index (χ0) is 23.8. The molecule has 2 fully saturated rings. The van der Waals surface area contributed by atoms with Crippen molar-refractivity contribution in [3.63, 3.8) is 0 Å². The third-order valence-corrected chi connectivity index (χ3v) is 8.94. The van der Waals surface area contributed by atoms with Crippen LogP contribution >= 0.6 is 0 Å². The fourth-order valence-corrected chi connectivity index (χ4v) is 6.21. The SMILES string of the molecule is CC[C@@H](C)NC(=O)C1CCC(CNS(=O)(=O)c2ccc3c(c2)C[C@H](C)N3C(=O)C2CC2)CC1. The third-order valence-electron chi connectivity index (χ3n) is 7.52. The number of rotatable bonds is 8. The Kier molecular flexibility index (Phi) is 7.15. The lowest BCUT2D eigenvalue weighted by Gasteiger charge is -2.28. The largest absolute Gasteiger partial charge is 0.353 e. The molecule has 1 heterocycles. The molecule has 1 aromatic rings. The van der Waals surface area contributed by atoms with E-state index in [0.29, 0.717) is 13.0 Å². The normalized spacial score (nSPS) is 26.0. The first-order chi connectivity index (χ1) is 15.7. The van der Waals surface area contributed by atoms with Crippen LogP contribution in [-0.4, -0.2) is 38.9 Å². The number of hydrogen-bond acceptors (Lipinski definition) is 4. The Bertz CT molecular complexity index is 997. The highest BCUT2D eigenvalue weighted by molar-refractivity contribution is 7.89. The van der Waals surface area contributed by atoms with Gasteiger partial charge in [-0.2, -0.15) is 0 Å². The molecule has 7 nitrogen and oxygen atoms in total. The second-order valence-electron chi connectivity index (χ2n) is 10.2. The minimum atomic E-state index is -3.62. The van der Waals surface area contributed by atoms with Crippen molar-refractivity contribution in [2.75, 3.05) is 11.4 Å².